The van der Waals surface area contributed by atoms with E-state index in [1.807, 2.05) is 24.3 Å². The van der Waals surface area contributed by atoms with Gasteiger partial charge in [-0.05, 0) is 209 Å². The van der Waals surface area contributed by atoms with Crippen molar-refractivity contribution in [1.82, 2.24) is 0 Å². The number of thiol groups is 1. The fourth-order valence-electron chi connectivity index (χ4n) is 8.35. The standard InChI is InChI=1S/C37H34I2O4S/c1-37(24-15-22-14-23(17-24)18-25(37)16-22)43-36(40)21-41-28-4-6-29(7-5-28)42-30-8-10-31(11-9-30)44-34-12-2-26(38)19-32(34)33-20-27(39)3-13-35(33)44/h2-13,19-20,22-25,44H,14-18,21H2,1H3. The summed E-state index contributed by atoms with van der Waals surface area (Å²) in [6, 6.07) is 29.6. The average Bonchev–Trinajstić information content (AvgIpc) is 3.32. The molecule has 0 amide bonds. The van der Waals surface area contributed by atoms with Crippen molar-refractivity contribution in [1.29, 1.82) is 0 Å². The van der Waals surface area contributed by atoms with Crippen molar-refractivity contribution in [2.24, 2.45) is 23.7 Å². The zero-order valence-corrected chi connectivity index (χ0v) is 29.7. The topological polar surface area (TPSA) is 44.8 Å². The molecule has 7 heteroatoms. The normalized spacial score (nSPS) is 26.7. The van der Waals surface area contributed by atoms with Crippen molar-refractivity contribution in [3.05, 3.63) is 92.1 Å². The number of fused-ring (bicyclic) bond motifs is 3. The Morgan fingerprint density at radius 3 is 1.77 bits per heavy atom. The second-order valence-electron chi connectivity index (χ2n) is 13.0. The highest BCUT2D eigenvalue weighted by molar-refractivity contribution is 14.1. The smallest absolute Gasteiger partial charge is 0.344 e. The van der Waals surface area contributed by atoms with Crippen LogP contribution in [-0.2, 0) is 9.53 Å². The molecule has 0 N–H and O–H groups in total. The maximum atomic E-state index is 12.8. The van der Waals surface area contributed by atoms with E-state index in [1.165, 1.54) is 65.1 Å². The first kappa shape index (κ1) is 29.2. The van der Waals surface area contributed by atoms with Crippen molar-refractivity contribution in [2.45, 2.75) is 59.3 Å². The van der Waals surface area contributed by atoms with E-state index in [0.29, 0.717) is 17.6 Å². The van der Waals surface area contributed by atoms with Gasteiger partial charge in [-0.15, -0.1) is 0 Å². The molecule has 0 atom stereocenters. The molecule has 0 unspecified atom stereocenters. The fourth-order valence-corrected chi connectivity index (χ4v) is 11.9. The zero-order chi connectivity index (χ0) is 30.0. The lowest BCUT2D eigenvalue weighted by Crippen LogP contribution is -2.58. The highest BCUT2D eigenvalue weighted by Crippen LogP contribution is 2.63. The molecular weight excluding hydrogens is 794 g/mol. The third kappa shape index (κ3) is 5.34. The number of esters is 1. The summed E-state index contributed by atoms with van der Waals surface area (Å²) in [6.45, 7) is 2.10. The molecule has 226 valence electrons. The summed E-state index contributed by atoms with van der Waals surface area (Å²) in [5.41, 5.74) is 2.38. The number of ether oxygens (including phenoxy) is 3. The summed E-state index contributed by atoms with van der Waals surface area (Å²) >= 11 is 4.81. The Labute approximate surface area is 288 Å². The third-order valence-electron chi connectivity index (χ3n) is 10.3. The van der Waals surface area contributed by atoms with Crippen molar-refractivity contribution in [3.8, 4) is 28.4 Å². The molecular formula is C37H34I2O4S. The van der Waals surface area contributed by atoms with Gasteiger partial charge in [0.1, 0.15) is 22.8 Å². The number of carbonyl (C=O) groups is 1. The van der Waals surface area contributed by atoms with Gasteiger partial charge in [-0.25, -0.2) is 4.79 Å². The highest BCUT2D eigenvalue weighted by atomic mass is 127. The second kappa shape index (κ2) is 11.5. The molecule has 4 aromatic rings. The Hall–Kier alpha value is -2.24. The molecule has 1 heterocycles. The molecule has 44 heavy (non-hydrogen) atoms. The third-order valence-corrected chi connectivity index (χ3v) is 14.2. The van der Waals surface area contributed by atoms with E-state index < -0.39 is 10.9 Å². The first-order valence-corrected chi connectivity index (χ1v) is 18.9. The minimum Gasteiger partial charge on any atom is -0.482 e. The minimum absolute atomic E-state index is 0.0723. The second-order valence-corrected chi connectivity index (χ2v) is 17.6. The largest absolute Gasteiger partial charge is 0.482 e. The summed E-state index contributed by atoms with van der Waals surface area (Å²) in [6.07, 6.45) is 6.23. The van der Waals surface area contributed by atoms with E-state index in [1.54, 1.807) is 0 Å². The fraction of sp³-hybridized carbons (Fsp3) is 0.324. The van der Waals surface area contributed by atoms with Crippen LogP contribution in [0.25, 0.3) is 11.1 Å². The van der Waals surface area contributed by atoms with Crippen LogP contribution in [0.15, 0.2) is 99.6 Å². The van der Waals surface area contributed by atoms with Gasteiger partial charge in [0, 0.05) is 16.9 Å². The Kier molecular flexibility index (Phi) is 7.65. The lowest BCUT2D eigenvalue weighted by atomic mass is 9.50. The van der Waals surface area contributed by atoms with E-state index in [2.05, 4.69) is 113 Å². The SMILES string of the molecule is CC1(OC(=O)COc2ccc(Oc3ccc([SH]4c5ccc(I)cc5-c5cc(I)ccc54)cc3)cc2)C2CC3CC(C2)CC1C3. The maximum Gasteiger partial charge on any atom is 0.344 e. The summed E-state index contributed by atoms with van der Waals surface area (Å²) in [5.74, 6) is 4.57. The lowest BCUT2D eigenvalue weighted by molar-refractivity contribution is -0.204. The predicted octanol–water partition coefficient (Wildman–Crippen LogP) is 10.3. The summed E-state index contributed by atoms with van der Waals surface area (Å²) < 4.78 is 20.7. The van der Waals surface area contributed by atoms with Gasteiger partial charge < -0.3 is 14.2 Å². The van der Waals surface area contributed by atoms with Crippen molar-refractivity contribution in [3.63, 3.8) is 0 Å². The van der Waals surface area contributed by atoms with Gasteiger partial charge in [0.2, 0.25) is 0 Å². The van der Waals surface area contributed by atoms with Crippen LogP contribution in [0.1, 0.15) is 39.0 Å². The van der Waals surface area contributed by atoms with Crippen LogP contribution >= 0.6 is 56.1 Å². The van der Waals surface area contributed by atoms with Gasteiger partial charge in [0.15, 0.2) is 6.61 Å². The number of hydrogen-bond donors (Lipinski definition) is 1. The van der Waals surface area contributed by atoms with Gasteiger partial charge >= 0.3 is 5.97 Å². The van der Waals surface area contributed by atoms with Crippen molar-refractivity contribution < 1.29 is 19.0 Å². The number of rotatable bonds is 7. The van der Waals surface area contributed by atoms with Gasteiger partial charge in [0.05, 0.1) is 0 Å². The molecule has 4 aliphatic carbocycles. The van der Waals surface area contributed by atoms with Crippen LogP contribution in [-0.4, -0.2) is 18.2 Å². The van der Waals surface area contributed by atoms with E-state index >= 15 is 0 Å². The molecule has 0 spiro atoms. The Balaban J connectivity index is 0.900. The van der Waals surface area contributed by atoms with Crippen LogP contribution in [0.4, 0.5) is 0 Å². The van der Waals surface area contributed by atoms with Crippen LogP contribution < -0.4 is 9.47 Å². The molecule has 0 radical (unpaired) electrons. The quantitative estimate of drug-likeness (QED) is 0.101. The lowest BCUT2D eigenvalue weighted by Gasteiger charge is -2.59. The highest BCUT2D eigenvalue weighted by Gasteiger charge is 2.57. The molecule has 0 aromatic heterocycles. The molecule has 4 aromatic carbocycles. The molecule has 4 saturated carbocycles. The van der Waals surface area contributed by atoms with Crippen LogP contribution in [0.3, 0.4) is 0 Å². The van der Waals surface area contributed by atoms with Gasteiger partial charge in [0.25, 0.3) is 0 Å². The Morgan fingerprint density at radius 1 is 0.727 bits per heavy atom. The molecule has 4 nitrogen and oxygen atoms in total. The van der Waals surface area contributed by atoms with E-state index in [-0.39, 0.29) is 18.2 Å². The predicted molar refractivity (Wildman–Crippen MR) is 191 cm³/mol. The molecule has 5 aliphatic rings. The first-order valence-electron chi connectivity index (χ1n) is 15.4. The van der Waals surface area contributed by atoms with Crippen LogP contribution in [0, 0.1) is 30.8 Å². The molecule has 1 aliphatic heterocycles. The number of hydrogen-bond acceptors (Lipinski definition) is 4. The van der Waals surface area contributed by atoms with Crippen LogP contribution in [0.5, 0.6) is 17.2 Å². The molecule has 4 bridgehead atoms. The van der Waals surface area contributed by atoms with Gasteiger partial charge in [-0.3, -0.25) is 0 Å². The molecule has 4 fully saturated rings. The first-order chi connectivity index (χ1) is 21.3. The van der Waals surface area contributed by atoms with E-state index in [4.69, 9.17) is 14.2 Å². The maximum absolute atomic E-state index is 12.8. The van der Waals surface area contributed by atoms with E-state index in [9.17, 15) is 4.79 Å². The minimum atomic E-state index is -0.611. The number of halogens is 2. The summed E-state index contributed by atoms with van der Waals surface area (Å²) in [5, 5.41) is 0. The zero-order valence-electron chi connectivity index (χ0n) is 24.5. The van der Waals surface area contributed by atoms with Crippen LogP contribution in [0.2, 0.25) is 0 Å². The molecule has 0 saturated heterocycles. The van der Waals surface area contributed by atoms with E-state index in [0.717, 1.165) is 23.3 Å². The van der Waals surface area contributed by atoms with Crippen molar-refractivity contribution >= 4 is 62.0 Å². The number of carbonyl (C=O) groups excluding carboxylic acids is 1. The monoisotopic (exact) mass is 828 g/mol. The van der Waals surface area contributed by atoms with Gasteiger partial charge in [-0.2, -0.15) is 10.9 Å². The summed E-state index contributed by atoms with van der Waals surface area (Å²) in [4.78, 5) is 17.0. The summed E-state index contributed by atoms with van der Waals surface area (Å²) in [7, 11) is -0.611. The number of benzene rings is 4. The Bertz CT molecular complexity index is 1660. The average molecular weight is 829 g/mol. The Morgan fingerprint density at radius 2 is 1.23 bits per heavy atom. The molecule has 9 rings (SSSR count). The van der Waals surface area contributed by atoms with Crippen molar-refractivity contribution in [2.75, 3.05) is 6.61 Å². The van der Waals surface area contributed by atoms with Gasteiger partial charge in [-0.1, -0.05) is 0 Å².